The molecule has 2 aliphatic rings. The van der Waals surface area contributed by atoms with E-state index in [1.165, 1.54) is 24.3 Å². The van der Waals surface area contributed by atoms with Crippen LogP contribution in [0.5, 0.6) is 17.2 Å². The Balaban J connectivity index is 1.57. The lowest BCUT2D eigenvalue weighted by atomic mass is 9.89. The number of rotatable bonds is 5. The minimum atomic E-state index is -1.85. The van der Waals surface area contributed by atoms with Gasteiger partial charge in [-0.3, -0.25) is 4.79 Å². The van der Waals surface area contributed by atoms with E-state index in [-0.39, 0.29) is 27.8 Å². The highest BCUT2D eigenvalue weighted by Crippen LogP contribution is 2.44. The molecule has 0 radical (unpaired) electrons. The molecule has 0 saturated carbocycles. The standard InChI is InChI=1S/C26H28O14/c27-6-15-20(34)25(40-26-21(35)19(33)14(31)8-38-26)22(36)24(39-15)17-13(30)5-12(29)16-18(32)11(7-37-23(16)17)9-1-3-10(28)4-2-9/h1-5,7,14-15,19-22,24-31,33-36H,6,8H2/t14-,15+,19-,20-,21-,22-,24-,25-,26+/m1/s1. The Hall–Kier alpha value is -3.31. The first-order chi connectivity index (χ1) is 19.0. The van der Waals surface area contributed by atoms with Gasteiger partial charge in [0.05, 0.1) is 24.3 Å². The number of phenols is 3. The first-order valence-electron chi connectivity index (χ1n) is 12.3. The Morgan fingerprint density at radius 3 is 2.27 bits per heavy atom. The minimum absolute atomic E-state index is 0.0126. The highest BCUT2D eigenvalue weighted by Gasteiger charge is 2.50. The number of benzene rings is 2. The fraction of sp³-hybridized carbons (Fsp3) is 0.423. The van der Waals surface area contributed by atoms with Gasteiger partial charge in [0.15, 0.2) is 11.9 Å². The van der Waals surface area contributed by atoms with Crippen LogP contribution in [0.2, 0.25) is 0 Å². The number of aliphatic hydroxyl groups excluding tert-OH is 6. The predicted molar refractivity (Wildman–Crippen MR) is 132 cm³/mol. The van der Waals surface area contributed by atoms with Gasteiger partial charge in [-0.15, -0.1) is 0 Å². The molecule has 0 unspecified atom stereocenters. The van der Waals surface area contributed by atoms with Gasteiger partial charge >= 0.3 is 0 Å². The van der Waals surface area contributed by atoms with Crippen molar-refractivity contribution < 1.29 is 64.6 Å². The summed E-state index contributed by atoms with van der Waals surface area (Å²) in [5, 5.41) is 92.2. The van der Waals surface area contributed by atoms with Crippen LogP contribution in [0.1, 0.15) is 11.7 Å². The third-order valence-corrected chi connectivity index (χ3v) is 7.12. The summed E-state index contributed by atoms with van der Waals surface area (Å²) in [6.07, 6.45) is -13.6. The molecule has 3 aromatic rings. The summed E-state index contributed by atoms with van der Waals surface area (Å²) in [5.41, 5.74) is -1.03. The normalized spacial score (nSPS) is 32.8. The summed E-state index contributed by atoms with van der Waals surface area (Å²) >= 11 is 0. The van der Waals surface area contributed by atoms with E-state index in [9.17, 15) is 50.8 Å². The zero-order valence-electron chi connectivity index (χ0n) is 20.6. The van der Waals surface area contributed by atoms with Gasteiger partial charge in [0, 0.05) is 6.07 Å². The number of aromatic hydroxyl groups is 3. The lowest BCUT2D eigenvalue weighted by Gasteiger charge is -2.45. The number of hydrogen-bond donors (Lipinski definition) is 9. The highest BCUT2D eigenvalue weighted by atomic mass is 16.7. The second kappa shape index (κ2) is 10.9. The van der Waals surface area contributed by atoms with Crippen molar-refractivity contribution in [2.45, 2.75) is 55.1 Å². The molecule has 9 N–H and O–H groups in total. The molecular weight excluding hydrogens is 536 g/mol. The number of ether oxygens (including phenoxy) is 3. The maximum absolute atomic E-state index is 13.4. The Kier molecular flexibility index (Phi) is 7.71. The van der Waals surface area contributed by atoms with E-state index in [2.05, 4.69) is 0 Å². The Labute approximate surface area is 225 Å². The number of phenolic OH excluding ortho intramolecular Hbond substituents is 3. The molecule has 2 aromatic carbocycles. The molecule has 14 nitrogen and oxygen atoms in total. The van der Waals surface area contributed by atoms with Crippen LogP contribution in [0, 0.1) is 0 Å². The molecule has 5 rings (SSSR count). The SMILES string of the molecule is O=c1c(-c2ccc(O)cc2)coc2c([C@H]3O[C@@H](CO)[C@@H](O)[C@@H](O[C@@H]4OC[C@@H](O)[C@@H](O)[C@H]4O)[C@@H]3O)c(O)cc(O)c12. The van der Waals surface area contributed by atoms with E-state index in [1.54, 1.807) is 0 Å². The van der Waals surface area contributed by atoms with Crippen LogP contribution in [0.15, 0.2) is 45.8 Å². The molecule has 216 valence electrons. The monoisotopic (exact) mass is 564 g/mol. The molecule has 9 atom stereocenters. The number of fused-ring (bicyclic) bond motifs is 1. The maximum atomic E-state index is 13.4. The quantitative estimate of drug-likeness (QED) is 0.172. The summed E-state index contributed by atoms with van der Waals surface area (Å²) in [6.45, 7) is -1.21. The highest BCUT2D eigenvalue weighted by molar-refractivity contribution is 5.91. The molecule has 40 heavy (non-hydrogen) atoms. The smallest absolute Gasteiger partial charge is 0.204 e. The average molecular weight is 564 g/mol. The van der Waals surface area contributed by atoms with Crippen molar-refractivity contribution in [3.63, 3.8) is 0 Å². The van der Waals surface area contributed by atoms with Crippen molar-refractivity contribution in [2.24, 2.45) is 0 Å². The molecule has 1 aromatic heterocycles. The molecule has 0 bridgehead atoms. The first-order valence-corrected chi connectivity index (χ1v) is 12.3. The second-order valence-electron chi connectivity index (χ2n) is 9.67. The summed E-state index contributed by atoms with van der Waals surface area (Å²) < 4.78 is 22.1. The Morgan fingerprint density at radius 2 is 1.60 bits per heavy atom. The number of aliphatic hydroxyl groups is 6. The molecule has 0 spiro atoms. The molecule has 14 heteroatoms. The van der Waals surface area contributed by atoms with Crippen LogP contribution in [0.4, 0.5) is 0 Å². The fourth-order valence-electron chi connectivity index (χ4n) is 4.95. The van der Waals surface area contributed by atoms with Crippen molar-refractivity contribution in [1.82, 2.24) is 0 Å². The van der Waals surface area contributed by atoms with Crippen LogP contribution < -0.4 is 5.43 Å². The largest absolute Gasteiger partial charge is 0.508 e. The third-order valence-electron chi connectivity index (χ3n) is 7.12. The van der Waals surface area contributed by atoms with Crippen LogP contribution >= 0.6 is 0 Å². The Morgan fingerprint density at radius 1 is 0.900 bits per heavy atom. The van der Waals surface area contributed by atoms with E-state index in [1.807, 2.05) is 0 Å². The van der Waals surface area contributed by atoms with Crippen LogP contribution in [-0.2, 0) is 14.2 Å². The van der Waals surface area contributed by atoms with E-state index in [0.717, 1.165) is 12.3 Å². The summed E-state index contributed by atoms with van der Waals surface area (Å²) in [4.78, 5) is 13.4. The third kappa shape index (κ3) is 4.79. The van der Waals surface area contributed by atoms with Crippen molar-refractivity contribution in [3.05, 3.63) is 52.4 Å². The molecule has 0 aliphatic carbocycles. The molecular formula is C26H28O14. The zero-order valence-corrected chi connectivity index (χ0v) is 20.6. The van der Waals surface area contributed by atoms with Gasteiger partial charge in [-0.05, 0) is 17.7 Å². The van der Waals surface area contributed by atoms with Crippen LogP contribution in [0.25, 0.3) is 22.1 Å². The maximum Gasteiger partial charge on any atom is 0.204 e. The molecule has 2 aliphatic heterocycles. The second-order valence-corrected chi connectivity index (χ2v) is 9.67. The van der Waals surface area contributed by atoms with Crippen molar-refractivity contribution in [3.8, 4) is 28.4 Å². The van der Waals surface area contributed by atoms with E-state index in [0.29, 0.717) is 5.56 Å². The van der Waals surface area contributed by atoms with Crippen molar-refractivity contribution in [2.75, 3.05) is 13.2 Å². The van der Waals surface area contributed by atoms with Gasteiger partial charge in [-0.1, -0.05) is 12.1 Å². The van der Waals surface area contributed by atoms with E-state index in [4.69, 9.17) is 18.6 Å². The lowest BCUT2D eigenvalue weighted by Crippen LogP contribution is -2.61. The van der Waals surface area contributed by atoms with Crippen molar-refractivity contribution in [1.29, 1.82) is 0 Å². The van der Waals surface area contributed by atoms with E-state index < -0.39 is 85.3 Å². The molecule has 0 amide bonds. The summed E-state index contributed by atoms with van der Waals surface area (Å²) in [5.74, 6) is -1.34. The Bertz CT molecular complexity index is 1420. The summed E-state index contributed by atoms with van der Waals surface area (Å²) in [6, 6.07) is 6.44. The van der Waals surface area contributed by atoms with E-state index >= 15 is 0 Å². The van der Waals surface area contributed by atoms with Gasteiger partial charge < -0.3 is 64.6 Å². The van der Waals surface area contributed by atoms with Crippen molar-refractivity contribution >= 4 is 11.0 Å². The molecule has 2 saturated heterocycles. The molecule has 3 heterocycles. The zero-order chi connectivity index (χ0) is 28.9. The topological polar surface area (TPSA) is 240 Å². The van der Waals surface area contributed by atoms with Gasteiger partial charge in [0.25, 0.3) is 0 Å². The van der Waals surface area contributed by atoms with Gasteiger partial charge in [0.1, 0.15) is 77.7 Å². The fourth-order valence-corrected chi connectivity index (χ4v) is 4.95. The lowest BCUT2D eigenvalue weighted by molar-refractivity contribution is -0.325. The first kappa shape index (κ1) is 28.2. The van der Waals surface area contributed by atoms with Crippen LogP contribution in [-0.4, -0.2) is 108 Å². The average Bonchev–Trinajstić information content (AvgIpc) is 2.92. The predicted octanol–water partition coefficient (Wildman–Crippen LogP) is -1.45. The van der Waals surface area contributed by atoms with Gasteiger partial charge in [-0.25, -0.2) is 0 Å². The number of hydrogen-bond acceptors (Lipinski definition) is 14. The van der Waals surface area contributed by atoms with Crippen LogP contribution in [0.3, 0.4) is 0 Å². The molecule has 2 fully saturated rings. The summed E-state index contributed by atoms with van der Waals surface area (Å²) in [7, 11) is 0. The van der Waals surface area contributed by atoms with Gasteiger partial charge in [0.2, 0.25) is 5.43 Å². The van der Waals surface area contributed by atoms with Gasteiger partial charge in [-0.2, -0.15) is 0 Å². The minimum Gasteiger partial charge on any atom is -0.508 e.